The normalized spacial score (nSPS) is 20.3. The number of carbonyl (C=O) groups is 1. The summed E-state index contributed by atoms with van der Waals surface area (Å²) in [6.07, 6.45) is 0. The average Bonchev–Trinajstić information content (AvgIpc) is 3.36. The van der Waals surface area contributed by atoms with Crippen LogP contribution in [0.4, 0.5) is 5.13 Å². The average molecular weight is 593 g/mol. The summed E-state index contributed by atoms with van der Waals surface area (Å²) in [4.78, 5) is 12.2. The van der Waals surface area contributed by atoms with Crippen molar-refractivity contribution in [3.8, 4) is 22.5 Å². The molecule has 1 saturated heterocycles. The fraction of sp³-hybridized carbons (Fsp3) is 0.286. The number of benzene rings is 2. The molecule has 7 N–H and O–H groups in total. The number of H-pyrrole nitrogens is 1. The first kappa shape index (κ1) is 27.0. The summed E-state index contributed by atoms with van der Waals surface area (Å²) < 4.78 is 56.1. The van der Waals surface area contributed by atoms with Gasteiger partial charge in [0.15, 0.2) is 5.13 Å². The number of rotatable bonds is 6. The third kappa shape index (κ3) is 5.21. The third-order valence-corrected chi connectivity index (χ3v) is 9.85. The molecule has 6 rings (SSSR count). The van der Waals surface area contributed by atoms with Crippen molar-refractivity contribution in [2.45, 2.75) is 22.8 Å². The van der Waals surface area contributed by atoms with E-state index in [-0.39, 0.29) is 29.3 Å². The second kappa shape index (κ2) is 9.88. The zero-order valence-electron chi connectivity index (χ0n) is 20.2. The molecule has 0 spiro atoms. The van der Waals surface area contributed by atoms with Crippen LogP contribution in [0.3, 0.4) is 0 Å². The van der Waals surface area contributed by atoms with Crippen molar-refractivity contribution in [1.29, 1.82) is 0 Å². The first-order valence-corrected chi connectivity index (χ1v) is 15.2. The highest BCUT2D eigenvalue weighted by atomic mass is 32.2. The maximum atomic E-state index is 13.4. The van der Waals surface area contributed by atoms with Crippen molar-refractivity contribution in [2.75, 3.05) is 18.8 Å². The monoisotopic (exact) mass is 592 g/mol. The van der Waals surface area contributed by atoms with Gasteiger partial charge in [-0.25, -0.2) is 31.7 Å². The number of carboxylic acid groups (broad SMARTS) is 1. The van der Waals surface area contributed by atoms with Crippen molar-refractivity contribution in [1.82, 2.24) is 35.6 Å². The second-order valence-corrected chi connectivity index (χ2v) is 13.2. The molecule has 15 nitrogen and oxygen atoms in total. The van der Waals surface area contributed by atoms with Gasteiger partial charge in [-0.15, -0.1) is 10.2 Å². The van der Waals surface area contributed by atoms with E-state index >= 15 is 0 Å². The van der Waals surface area contributed by atoms with E-state index in [4.69, 9.17) is 20.8 Å². The lowest BCUT2D eigenvalue weighted by Crippen LogP contribution is -2.34. The quantitative estimate of drug-likeness (QED) is 0.174. The lowest BCUT2D eigenvalue weighted by Gasteiger charge is -2.17. The Bertz CT molecular complexity index is 1770. The maximum absolute atomic E-state index is 13.4. The van der Waals surface area contributed by atoms with Gasteiger partial charge in [0.25, 0.3) is 0 Å². The molecule has 2 aliphatic rings. The SMILES string of the molecule is CC(=O)[O-].Nc1nc2c(-c3ccc(S(=O)(=O)NC4C5CNCC54)c(S(N)(=O)=O)c3-c3nn[nH]n3)cccc2s1. The number of carbonyl (C=O) groups excluding carboxylic acids is 1. The van der Waals surface area contributed by atoms with Gasteiger partial charge >= 0.3 is 0 Å². The number of nitrogens with zero attached hydrogens (tertiary/aromatic N) is 4. The Hall–Kier alpha value is -3.55. The van der Waals surface area contributed by atoms with Gasteiger partial charge in [-0.1, -0.05) is 29.5 Å². The Kier molecular flexibility index (Phi) is 6.85. The van der Waals surface area contributed by atoms with E-state index in [9.17, 15) is 16.8 Å². The van der Waals surface area contributed by atoms with Crippen molar-refractivity contribution in [3.05, 3.63) is 30.3 Å². The van der Waals surface area contributed by atoms with Gasteiger partial charge in [-0.05, 0) is 54.8 Å². The van der Waals surface area contributed by atoms with Gasteiger partial charge in [0, 0.05) is 17.6 Å². The second-order valence-electron chi connectivity index (χ2n) is 8.92. The Morgan fingerprint density at radius 1 is 1.13 bits per heavy atom. The van der Waals surface area contributed by atoms with Crippen LogP contribution in [-0.4, -0.2) is 67.5 Å². The highest BCUT2D eigenvalue weighted by molar-refractivity contribution is 7.92. The van der Waals surface area contributed by atoms with E-state index < -0.39 is 35.8 Å². The lowest BCUT2D eigenvalue weighted by molar-refractivity contribution is -0.302. The number of hydrogen-bond donors (Lipinski definition) is 5. The predicted octanol–water partition coefficient (Wildman–Crippen LogP) is -1.37. The molecule has 2 fully saturated rings. The molecule has 1 aliphatic carbocycles. The number of hydrogen-bond acceptors (Lipinski definition) is 13. The highest BCUT2D eigenvalue weighted by Crippen LogP contribution is 2.44. The summed E-state index contributed by atoms with van der Waals surface area (Å²) in [6, 6.07) is 7.76. The molecule has 1 saturated carbocycles. The molecule has 2 atom stereocenters. The summed E-state index contributed by atoms with van der Waals surface area (Å²) in [7, 11) is -8.84. The highest BCUT2D eigenvalue weighted by Gasteiger charge is 2.54. The number of thiazole rings is 1. The molecule has 0 bridgehead atoms. The minimum atomic E-state index is -4.58. The fourth-order valence-electron chi connectivity index (χ4n) is 4.79. The van der Waals surface area contributed by atoms with Crippen LogP contribution in [0, 0.1) is 11.8 Å². The Balaban J connectivity index is 0.000000723. The van der Waals surface area contributed by atoms with Gasteiger partial charge in [0.05, 0.1) is 15.8 Å². The molecular formula is C21H22N9O6S3-. The third-order valence-electron chi connectivity index (χ3n) is 6.37. The van der Waals surface area contributed by atoms with Crippen LogP contribution in [0.25, 0.3) is 32.7 Å². The number of aromatic amines is 1. The summed E-state index contributed by atoms with van der Waals surface area (Å²) in [5.41, 5.74) is 7.16. The van der Waals surface area contributed by atoms with Crippen molar-refractivity contribution in [3.63, 3.8) is 0 Å². The molecule has 39 heavy (non-hydrogen) atoms. The van der Waals surface area contributed by atoms with Crippen LogP contribution in [0.2, 0.25) is 0 Å². The van der Waals surface area contributed by atoms with Gasteiger partial charge in [-0.3, -0.25) is 0 Å². The number of nitrogens with one attached hydrogen (secondary N) is 3. The Morgan fingerprint density at radius 3 is 2.44 bits per heavy atom. The maximum Gasteiger partial charge on any atom is 0.242 e. The zero-order chi connectivity index (χ0) is 28.1. The number of nitrogen functional groups attached to an aromatic ring is 1. The first-order chi connectivity index (χ1) is 18.4. The molecule has 4 aromatic rings. The molecule has 0 radical (unpaired) electrons. The van der Waals surface area contributed by atoms with Gasteiger partial charge in [0.2, 0.25) is 25.9 Å². The van der Waals surface area contributed by atoms with Crippen LogP contribution in [0.1, 0.15) is 6.92 Å². The number of para-hydroxylation sites is 1. The fourth-order valence-corrected chi connectivity index (χ4v) is 8.49. The van der Waals surface area contributed by atoms with Crippen LogP contribution < -0.4 is 26.0 Å². The number of fused-ring (bicyclic) bond motifs is 2. The molecule has 2 aromatic heterocycles. The Morgan fingerprint density at radius 2 is 1.82 bits per heavy atom. The number of piperidine rings is 1. The number of anilines is 1. The number of sulfonamides is 2. The van der Waals surface area contributed by atoms with E-state index in [1.165, 1.54) is 23.5 Å². The van der Waals surface area contributed by atoms with E-state index in [2.05, 4.69) is 35.6 Å². The van der Waals surface area contributed by atoms with E-state index in [0.29, 0.717) is 34.9 Å². The standard InChI is InChI=1S/C19H19N9O4S3.C2H4O2/c20-19-23-16-9(2-1-3-12(16)33-19)8-4-5-13(35(31,32)26-15-10-6-22-7-11(10)15)17(34(21,29)30)14(8)18-24-27-28-25-18;1-2(3)4/h1-5,10-11,15,22,26H,6-7H2,(H2,20,23)(H2,21,29,30)(H,24,25,27,28);1H3,(H,3,4)/p-1. The molecule has 2 aromatic carbocycles. The molecule has 0 amide bonds. The van der Waals surface area contributed by atoms with E-state index in [1.807, 2.05) is 6.07 Å². The van der Waals surface area contributed by atoms with Gasteiger partial charge < -0.3 is 21.0 Å². The minimum absolute atomic E-state index is 0.0964. The summed E-state index contributed by atoms with van der Waals surface area (Å²) >= 11 is 1.27. The topological polar surface area (TPSA) is 252 Å². The number of nitrogens with two attached hydrogens (primary N) is 2. The smallest absolute Gasteiger partial charge is 0.242 e. The van der Waals surface area contributed by atoms with Crippen molar-refractivity contribution < 1.29 is 26.7 Å². The molecule has 206 valence electrons. The molecule has 18 heteroatoms. The van der Waals surface area contributed by atoms with Crippen LogP contribution in [0.15, 0.2) is 40.1 Å². The lowest BCUT2D eigenvalue weighted by atomic mass is 9.98. The number of carboxylic acids is 1. The minimum Gasteiger partial charge on any atom is -0.550 e. The van der Waals surface area contributed by atoms with E-state index in [1.54, 1.807) is 12.1 Å². The number of aliphatic carboxylic acids is 1. The number of primary sulfonamides is 1. The largest absolute Gasteiger partial charge is 0.550 e. The van der Waals surface area contributed by atoms with Crippen molar-refractivity contribution in [2.24, 2.45) is 17.0 Å². The zero-order valence-corrected chi connectivity index (χ0v) is 22.6. The van der Waals surface area contributed by atoms with Gasteiger partial charge in [-0.2, -0.15) is 5.21 Å². The Labute approximate surface area is 226 Å². The summed E-state index contributed by atoms with van der Waals surface area (Å²) in [6.45, 7) is 2.38. The van der Waals surface area contributed by atoms with Crippen LogP contribution in [-0.2, 0) is 24.8 Å². The van der Waals surface area contributed by atoms with Crippen LogP contribution >= 0.6 is 11.3 Å². The molecule has 3 heterocycles. The van der Waals surface area contributed by atoms with E-state index in [0.717, 1.165) is 11.6 Å². The molecular weight excluding hydrogens is 570 g/mol. The molecule has 2 unspecified atom stereocenters. The molecule has 1 aliphatic heterocycles. The summed E-state index contributed by atoms with van der Waals surface area (Å²) in [5, 5.41) is 31.7. The predicted molar refractivity (Wildman–Crippen MR) is 139 cm³/mol. The van der Waals surface area contributed by atoms with Crippen molar-refractivity contribution >= 4 is 52.7 Å². The summed E-state index contributed by atoms with van der Waals surface area (Å²) in [5.74, 6) is -0.869. The first-order valence-electron chi connectivity index (χ1n) is 11.4. The van der Waals surface area contributed by atoms with Crippen LogP contribution in [0.5, 0.6) is 0 Å². The number of aromatic nitrogens is 5. The van der Waals surface area contributed by atoms with Gasteiger partial charge in [0.1, 0.15) is 9.79 Å². The number of tetrazole rings is 1.